The number of hydrogen-bond acceptors (Lipinski definition) is 32. The number of carbonyl (C=O) groups excluding carboxylic acids is 3. The van der Waals surface area contributed by atoms with Gasteiger partial charge in [-0.25, -0.2) is 0 Å². The maximum absolute atomic E-state index is 13.6. The number of aliphatic hydroxyl groups excluding tert-OH is 17. The number of unbranched alkanes of at least 4 members (excludes halogenated alkanes) is 30. The molecule has 0 saturated carbocycles. The van der Waals surface area contributed by atoms with Crippen LogP contribution in [-0.2, 0) is 71.2 Å². The van der Waals surface area contributed by atoms with E-state index in [2.05, 4.69) is 41.9 Å². The van der Waals surface area contributed by atoms with Gasteiger partial charge in [-0.05, 0) is 51.9 Å². The lowest BCUT2D eigenvalue weighted by Gasteiger charge is -2.51. The van der Waals surface area contributed by atoms with Crippen LogP contribution in [0.5, 0.6) is 0 Å². The molecule has 3 amide bonds. The zero-order chi connectivity index (χ0) is 86.9. The normalized spacial score (nSPS) is 35.8. The van der Waals surface area contributed by atoms with E-state index in [1.54, 1.807) is 6.08 Å². The van der Waals surface area contributed by atoms with Crippen molar-refractivity contribution in [3.63, 3.8) is 0 Å². The summed E-state index contributed by atoms with van der Waals surface area (Å²) in [5, 5.41) is 199. The van der Waals surface area contributed by atoms with Gasteiger partial charge in [-0.3, -0.25) is 14.4 Å². The highest BCUT2D eigenvalue weighted by atomic mass is 16.8. The van der Waals surface area contributed by atoms with E-state index in [-0.39, 0.29) is 12.3 Å². The van der Waals surface area contributed by atoms with Crippen molar-refractivity contribution in [3.05, 3.63) is 24.3 Å². The van der Waals surface area contributed by atoms with Crippen LogP contribution in [0.2, 0.25) is 0 Å². The molecule has 20 N–H and O–H groups in total. The molecule has 119 heavy (non-hydrogen) atoms. The Bertz CT molecular complexity index is 2780. The monoisotopic (exact) mass is 1710 g/mol. The topological polar surface area (TPSA) is 542 Å². The van der Waals surface area contributed by atoms with Crippen LogP contribution in [-0.4, -0.2) is 340 Å². The Labute approximate surface area is 702 Å². The maximum atomic E-state index is 13.6. The van der Waals surface area contributed by atoms with Gasteiger partial charge in [-0.15, -0.1) is 0 Å². The van der Waals surface area contributed by atoms with Crippen LogP contribution < -0.4 is 16.0 Å². The first kappa shape index (κ1) is 105. The summed E-state index contributed by atoms with van der Waals surface area (Å²) < 4.78 is 71.4. The first-order chi connectivity index (χ1) is 57.3. The molecule has 0 aliphatic carbocycles. The Morgan fingerprint density at radius 2 is 0.681 bits per heavy atom. The highest BCUT2D eigenvalue weighted by molar-refractivity contribution is 5.76. The molecule has 6 fully saturated rings. The summed E-state index contributed by atoms with van der Waals surface area (Å²) in [4.78, 5) is 39.5. The van der Waals surface area contributed by atoms with Crippen molar-refractivity contribution in [1.82, 2.24) is 16.0 Å². The summed E-state index contributed by atoms with van der Waals surface area (Å²) in [5.74, 6) is -2.04. The molecular formula is C84H151N3O32. The summed E-state index contributed by atoms with van der Waals surface area (Å²) in [6.45, 7) is 2.39. The lowest BCUT2D eigenvalue weighted by atomic mass is 9.93. The largest absolute Gasteiger partial charge is 0.394 e. The molecule has 35 heteroatoms. The van der Waals surface area contributed by atoms with E-state index in [0.717, 1.165) is 65.2 Å². The zero-order valence-corrected chi connectivity index (χ0v) is 70.8. The van der Waals surface area contributed by atoms with Crippen molar-refractivity contribution in [2.75, 3.05) is 39.6 Å². The molecule has 32 atom stereocenters. The summed E-state index contributed by atoms with van der Waals surface area (Å²) >= 11 is 0. The van der Waals surface area contributed by atoms with E-state index >= 15 is 0 Å². The van der Waals surface area contributed by atoms with Crippen molar-refractivity contribution in [1.29, 1.82) is 0 Å². The first-order valence-electron chi connectivity index (χ1n) is 44.5. The molecular weight excluding hydrogens is 1560 g/mol. The van der Waals surface area contributed by atoms with Gasteiger partial charge in [-0.1, -0.05) is 205 Å². The van der Waals surface area contributed by atoms with Crippen molar-refractivity contribution in [2.24, 2.45) is 0 Å². The number of hydrogen-bond donors (Lipinski definition) is 20. The van der Waals surface area contributed by atoms with E-state index in [0.29, 0.717) is 12.8 Å². The molecule has 35 nitrogen and oxygen atoms in total. The minimum absolute atomic E-state index is 0.172. The lowest BCUT2D eigenvalue weighted by molar-refractivity contribution is -0.386. The fourth-order valence-electron chi connectivity index (χ4n) is 16.2. The van der Waals surface area contributed by atoms with Gasteiger partial charge < -0.3 is 160 Å². The van der Waals surface area contributed by atoms with Crippen LogP contribution in [0.15, 0.2) is 24.3 Å². The second kappa shape index (κ2) is 57.4. The molecule has 0 bridgehead atoms. The molecule has 6 aliphatic heterocycles. The second-order valence-corrected chi connectivity index (χ2v) is 33.1. The number of allylic oxidation sites excluding steroid dienone is 3. The highest BCUT2D eigenvalue weighted by Gasteiger charge is 2.59. The summed E-state index contributed by atoms with van der Waals surface area (Å²) in [5.41, 5.74) is 0. The highest BCUT2D eigenvalue weighted by Crippen LogP contribution is 2.38. The van der Waals surface area contributed by atoms with Crippen molar-refractivity contribution < 1.29 is 158 Å². The second-order valence-electron chi connectivity index (χ2n) is 33.1. The molecule has 0 spiro atoms. The minimum atomic E-state index is -2.26. The van der Waals surface area contributed by atoms with E-state index in [1.165, 1.54) is 155 Å². The van der Waals surface area contributed by atoms with Crippen LogP contribution >= 0.6 is 0 Å². The molecule has 6 aliphatic rings. The fourth-order valence-corrected chi connectivity index (χ4v) is 16.2. The minimum Gasteiger partial charge on any atom is -0.394 e. The first-order valence-corrected chi connectivity index (χ1v) is 44.5. The van der Waals surface area contributed by atoms with Crippen molar-refractivity contribution in [3.8, 4) is 0 Å². The van der Waals surface area contributed by atoms with E-state index in [4.69, 9.17) is 56.8 Å². The predicted molar refractivity (Wildman–Crippen MR) is 429 cm³/mol. The quantitative estimate of drug-likeness (QED) is 0.0303. The van der Waals surface area contributed by atoms with Crippen molar-refractivity contribution >= 4 is 17.7 Å². The third-order valence-corrected chi connectivity index (χ3v) is 23.3. The third-order valence-electron chi connectivity index (χ3n) is 23.3. The SMILES string of the molecule is CCCCCCCC/C=C\CCCCCCCCCCCCCCCC(=O)N[C@@H](CO[C@@H]1OC(CO)[C@@H](O[C@@H]2OC(CO)[C@H](O)[C@H](O[C@@H]3OC(CO)[C@@H](O)[C@H](O[C@@H]4OC(CO)[C@H](O)[C@H](O[C@@H]5OC(CO)[C@@H](O[C@H]6OC(C)[C@@H](O)C(O)[C@@H]6O)[C@H](O)C5NC(C)=O)C4O)C3NC(C)=O)C2O)[C@H](O)C1O)[C@H](O)/C=C/CCCCCCCCCCCCC. The maximum Gasteiger partial charge on any atom is 0.220 e. The van der Waals surface area contributed by atoms with E-state index in [1.807, 2.05) is 6.08 Å². The van der Waals surface area contributed by atoms with Crippen LogP contribution in [0.1, 0.15) is 253 Å². The Kier molecular flexibility index (Phi) is 50.4. The van der Waals surface area contributed by atoms with Gasteiger partial charge in [0.15, 0.2) is 37.7 Å². The fraction of sp³-hybridized carbons (Fsp3) is 0.917. The standard InChI is InChI=1S/C84H151N3O32/c1-6-8-10-12-14-16-18-20-21-22-23-24-25-26-27-28-29-31-33-35-37-39-41-43-60(96)87-53(54(95)42-40-38-36-34-32-30-19-17-15-13-11-9-7-2)49-108-81-71(105)69(103)75(59(48-92)114-81)116-83-72(106)78(66(100)56(45-89)111-83)119-80-62(86-52(5)94)76(64(98)55(44-88)110-80)117-84-73(107)77(65(99)57(46-90)112-84)118-79-61(85-51(4)93)67(101)74(58(47-91)113-79)115-82-70(104)68(102)63(97)50(3)109-82/h20-21,40,42,50,53-59,61-84,88-92,95,97-107H,6-19,22-39,41,43-49H2,1-5H3,(H,85,93)(H,86,94)(H,87,96)/b21-20-,42-40+/t50?,53-,54+,55?,56?,57?,58?,59?,61?,62?,63+,64+,65-,66-,67+,68?,69+,70-,71?,72?,73?,74+,75+,76+,77-,78-,79-,80-,81+,82+,83-,84-/m0/s1. The molecule has 0 aromatic carbocycles. The Hall–Kier alpha value is -3.27. The van der Waals surface area contributed by atoms with Gasteiger partial charge in [-0.2, -0.15) is 0 Å². The van der Waals surface area contributed by atoms with Crippen LogP contribution in [0.4, 0.5) is 0 Å². The van der Waals surface area contributed by atoms with Gasteiger partial charge in [0.2, 0.25) is 17.7 Å². The molecule has 0 radical (unpaired) electrons. The van der Waals surface area contributed by atoms with Crippen LogP contribution in [0, 0.1) is 0 Å². The number of rotatable bonds is 58. The molecule has 0 aromatic rings. The average Bonchev–Trinajstić information content (AvgIpc) is 0.772. The number of nitrogens with one attached hydrogen (secondary N) is 3. The molecule has 6 saturated heterocycles. The average molecular weight is 1720 g/mol. The number of aliphatic hydroxyl groups is 17. The lowest BCUT2D eigenvalue weighted by Crippen LogP contribution is -2.71. The molecule has 6 heterocycles. The Morgan fingerprint density at radius 3 is 1.12 bits per heavy atom. The Balaban J connectivity index is 1.07. The number of carbonyl (C=O) groups is 3. The summed E-state index contributed by atoms with van der Waals surface area (Å²) in [7, 11) is 0. The molecule has 0 aromatic heterocycles. The van der Waals surface area contributed by atoms with Gasteiger partial charge in [0.25, 0.3) is 0 Å². The predicted octanol–water partition coefficient (Wildman–Crippen LogP) is 1.50. The van der Waals surface area contributed by atoms with Crippen molar-refractivity contribution in [2.45, 2.75) is 449 Å². The van der Waals surface area contributed by atoms with Gasteiger partial charge >= 0.3 is 0 Å². The molecule has 12 unspecified atom stereocenters. The molecule has 6 rings (SSSR count). The smallest absolute Gasteiger partial charge is 0.220 e. The Morgan fingerprint density at radius 1 is 0.345 bits per heavy atom. The third kappa shape index (κ3) is 33.8. The summed E-state index contributed by atoms with van der Waals surface area (Å²) in [6.07, 6.45) is -7.17. The van der Waals surface area contributed by atoms with Gasteiger partial charge in [0.1, 0.15) is 140 Å². The van der Waals surface area contributed by atoms with E-state index in [9.17, 15) is 101 Å². The van der Waals surface area contributed by atoms with Gasteiger partial charge in [0, 0.05) is 20.3 Å². The zero-order valence-electron chi connectivity index (χ0n) is 70.8. The van der Waals surface area contributed by atoms with E-state index < -0.39 is 248 Å². The van der Waals surface area contributed by atoms with Gasteiger partial charge in [0.05, 0.1) is 57.9 Å². The molecule has 694 valence electrons. The number of ether oxygens (including phenoxy) is 12. The summed E-state index contributed by atoms with van der Waals surface area (Å²) in [6, 6.07) is -4.64. The van der Waals surface area contributed by atoms with Crippen LogP contribution in [0.3, 0.4) is 0 Å². The number of amides is 3. The van der Waals surface area contributed by atoms with Crippen LogP contribution in [0.25, 0.3) is 0 Å².